The van der Waals surface area contributed by atoms with Gasteiger partial charge in [-0.25, -0.2) is 9.78 Å². The van der Waals surface area contributed by atoms with Crippen molar-refractivity contribution in [3.05, 3.63) is 47.0 Å². The number of hydrogen-bond acceptors (Lipinski definition) is 4. The second kappa shape index (κ2) is 8.80. The molecule has 1 saturated carbocycles. The number of carbonyl (C=O) groups excluding carboxylic acids is 2. The number of hydrogen-bond donors (Lipinski definition) is 3. The fourth-order valence-corrected chi connectivity index (χ4v) is 3.82. The molecule has 0 radical (unpaired) electrons. The van der Waals surface area contributed by atoms with E-state index < -0.39 is 0 Å². The van der Waals surface area contributed by atoms with Crippen molar-refractivity contribution >= 4 is 28.4 Å². The van der Waals surface area contributed by atoms with E-state index in [4.69, 9.17) is 0 Å². The molecule has 138 valence electrons. The van der Waals surface area contributed by atoms with Crippen LogP contribution in [0.2, 0.25) is 0 Å². The molecule has 1 aliphatic rings. The van der Waals surface area contributed by atoms with Crippen molar-refractivity contribution in [1.29, 1.82) is 0 Å². The molecule has 2 aromatic rings. The van der Waals surface area contributed by atoms with Crippen molar-refractivity contribution in [3.63, 3.8) is 0 Å². The minimum atomic E-state index is -0.222. The Bertz CT molecular complexity index is 741. The molecule has 1 aromatic carbocycles. The maximum Gasteiger partial charge on any atom is 0.321 e. The summed E-state index contributed by atoms with van der Waals surface area (Å²) in [7, 11) is 0. The highest BCUT2D eigenvalue weighted by molar-refractivity contribution is 7.13. The normalized spacial score (nSPS) is 15.4. The average molecular weight is 372 g/mol. The molecule has 1 aliphatic carbocycles. The van der Waals surface area contributed by atoms with Gasteiger partial charge in [-0.05, 0) is 25.3 Å². The van der Waals surface area contributed by atoms with Crippen LogP contribution in [0, 0.1) is 0 Å². The van der Waals surface area contributed by atoms with Gasteiger partial charge in [-0.1, -0.05) is 43.2 Å². The van der Waals surface area contributed by atoms with Gasteiger partial charge in [-0.3, -0.25) is 10.1 Å². The van der Waals surface area contributed by atoms with Crippen LogP contribution in [0.3, 0.4) is 0 Å². The number of rotatable bonds is 6. The zero-order chi connectivity index (χ0) is 18.4. The van der Waals surface area contributed by atoms with E-state index in [9.17, 15) is 9.59 Å². The topological polar surface area (TPSA) is 83.1 Å². The van der Waals surface area contributed by atoms with E-state index in [1.807, 2.05) is 37.3 Å². The zero-order valence-electron chi connectivity index (χ0n) is 14.8. The molecule has 1 unspecified atom stereocenters. The monoisotopic (exact) mass is 372 g/mol. The Labute approximate surface area is 157 Å². The van der Waals surface area contributed by atoms with Crippen molar-refractivity contribution < 1.29 is 9.59 Å². The van der Waals surface area contributed by atoms with E-state index >= 15 is 0 Å². The Balaban J connectivity index is 1.46. The van der Waals surface area contributed by atoms with E-state index in [0.717, 1.165) is 18.4 Å². The van der Waals surface area contributed by atoms with Gasteiger partial charge in [-0.2, -0.15) is 0 Å². The highest BCUT2D eigenvalue weighted by atomic mass is 32.1. The number of aromatic nitrogens is 1. The maximum absolute atomic E-state index is 12.2. The van der Waals surface area contributed by atoms with Gasteiger partial charge in [0.15, 0.2) is 5.13 Å². The van der Waals surface area contributed by atoms with Gasteiger partial charge in [0.25, 0.3) is 0 Å². The number of anilines is 1. The van der Waals surface area contributed by atoms with Gasteiger partial charge in [0.05, 0.1) is 18.2 Å². The summed E-state index contributed by atoms with van der Waals surface area (Å²) >= 11 is 1.33. The molecule has 0 aliphatic heterocycles. The van der Waals surface area contributed by atoms with Gasteiger partial charge in [0, 0.05) is 11.4 Å². The number of amides is 3. The molecular formula is C19H24N4O2S. The first kappa shape index (κ1) is 18.4. The Morgan fingerprint density at radius 2 is 1.96 bits per heavy atom. The van der Waals surface area contributed by atoms with E-state index in [2.05, 4.69) is 20.9 Å². The molecular weight excluding hydrogens is 348 g/mol. The van der Waals surface area contributed by atoms with Crippen molar-refractivity contribution in [2.24, 2.45) is 0 Å². The third-order valence-electron chi connectivity index (χ3n) is 4.48. The molecule has 0 saturated heterocycles. The number of urea groups is 1. The molecule has 6 nitrogen and oxygen atoms in total. The number of nitrogens with one attached hydrogen (secondary N) is 3. The number of thiazole rings is 1. The highest BCUT2D eigenvalue weighted by Crippen LogP contribution is 2.19. The first-order valence-electron chi connectivity index (χ1n) is 8.96. The van der Waals surface area contributed by atoms with Gasteiger partial charge >= 0.3 is 6.03 Å². The Hall–Kier alpha value is -2.41. The highest BCUT2D eigenvalue weighted by Gasteiger charge is 2.18. The smallest absolute Gasteiger partial charge is 0.321 e. The van der Waals surface area contributed by atoms with E-state index in [-0.39, 0.29) is 30.4 Å². The van der Waals surface area contributed by atoms with E-state index in [0.29, 0.717) is 10.8 Å². The minimum Gasteiger partial charge on any atom is -0.349 e. The van der Waals surface area contributed by atoms with Crippen LogP contribution in [0.1, 0.15) is 49.9 Å². The van der Waals surface area contributed by atoms with Crippen LogP contribution >= 0.6 is 11.3 Å². The van der Waals surface area contributed by atoms with Crippen molar-refractivity contribution in [2.45, 2.75) is 51.1 Å². The Morgan fingerprint density at radius 1 is 1.23 bits per heavy atom. The van der Waals surface area contributed by atoms with Crippen molar-refractivity contribution in [2.75, 3.05) is 5.32 Å². The summed E-state index contributed by atoms with van der Waals surface area (Å²) in [6, 6.07) is 9.80. The Morgan fingerprint density at radius 3 is 2.69 bits per heavy atom. The maximum atomic E-state index is 12.2. The molecule has 3 rings (SSSR count). The van der Waals surface area contributed by atoms with Crippen LogP contribution in [-0.4, -0.2) is 23.0 Å². The average Bonchev–Trinajstić information content (AvgIpc) is 3.27. The van der Waals surface area contributed by atoms with Gasteiger partial charge in [-0.15, -0.1) is 11.3 Å². The molecule has 3 amide bonds. The van der Waals surface area contributed by atoms with Crippen LogP contribution in [-0.2, 0) is 11.2 Å². The summed E-state index contributed by atoms with van der Waals surface area (Å²) in [4.78, 5) is 28.5. The molecule has 3 N–H and O–H groups in total. The molecule has 1 fully saturated rings. The third-order valence-corrected chi connectivity index (χ3v) is 5.29. The van der Waals surface area contributed by atoms with Gasteiger partial charge < -0.3 is 10.6 Å². The summed E-state index contributed by atoms with van der Waals surface area (Å²) in [5.41, 5.74) is 1.72. The van der Waals surface area contributed by atoms with Crippen molar-refractivity contribution in [1.82, 2.24) is 15.6 Å². The SMILES string of the molecule is CC(NC(=O)Cc1csc(NC(=O)NC2CCCC2)n1)c1ccccc1. The molecule has 7 heteroatoms. The zero-order valence-corrected chi connectivity index (χ0v) is 15.6. The fraction of sp³-hybridized carbons (Fsp3) is 0.421. The third kappa shape index (κ3) is 5.29. The predicted octanol–water partition coefficient (Wildman–Crippen LogP) is 3.63. The second-order valence-electron chi connectivity index (χ2n) is 6.60. The van der Waals surface area contributed by atoms with Crippen LogP contribution < -0.4 is 16.0 Å². The standard InChI is InChI=1S/C19H24N4O2S/c1-13(14-7-3-2-4-8-14)20-17(24)11-16-12-26-19(22-16)23-18(25)21-15-9-5-6-10-15/h2-4,7-8,12-13,15H,5-6,9-11H2,1H3,(H,20,24)(H2,21,22,23,25). The summed E-state index contributed by atoms with van der Waals surface area (Å²) < 4.78 is 0. The number of benzene rings is 1. The van der Waals surface area contributed by atoms with Gasteiger partial charge in [0.1, 0.15) is 0 Å². The lowest BCUT2D eigenvalue weighted by molar-refractivity contribution is -0.121. The minimum absolute atomic E-state index is 0.0582. The fourth-order valence-electron chi connectivity index (χ4n) is 3.12. The largest absolute Gasteiger partial charge is 0.349 e. The molecule has 1 atom stereocenters. The van der Waals surface area contributed by atoms with Crippen molar-refractivity contribution in [3.8, 4) is 0 Å². The summed E-state index contributed by atoms with van der Waals surface area (Å²) in [6.45, 7) is 1.95. The van der Waals surface area contributed by atoms with E-state index in [1.54, 1.807) is 5.38 Å². The predicted molar refractivity (Wildman–Crippen MR) is 103 cm³/mol. The number of nitrogens with zero attached hydrogens (tertiary/aromatic N) is 1. The summed E-state index contributed by atoms with van der Waals surface area (Å²) in [5.74, 6) is -0.0892. The first-order chi connectivity index (χ1) is 12.6. The second-order valence-corrected chi connectivity index (χ2v) is 7.46. The van der Waals surface area contributed by atoms with Gasteiger partial charge in [0.2, 0.25) is 5.91 Å². The van der Waals surface area contributed by atoms with Crippen LogP contribution in [0.15, 0.2) is 35.7 Å². The van der Waals surface area contributed by atoms with Crippen LogP contribution in [0.25, 0.3) is 0 Å². The van der Waals surface area contributed by atoms with Crippen LogP contribution in [0.4, 0.5) is 9.93 Å². The summed E-state index contributed by atoms with van der Waals surface area (Å²) in [5, 5.41) is 11.0. The molecule has 26 heavy (non-hydrogen) atoms. The lowest BCUT2D eigenvalue weighted by atomic mass is 10.1. The molecule has 1 aromatic heterocycles. The summed E-state index contributed by atoms with van der Waals surface area (Å²) in [6.07, 6.45) is 4.61. The molecule has 0 bridgehead atoms. The quantitative estimate of drug-likeness (QED) is 0.724. The lowest BCUT2D eigenvalue weighted by Gasteiger charge is -2.13. The van der Waals surface area contributed by atoms with Crippen LogP contribution in [0.5, 0.6) is 0 Å². The Kier molecular flexibility index (Phi) is 6.22. The lowest BCUT2D eigenvalue weighted by Crippen LogP contribution is -2.36. The number of carbonyl (C=O) groups is 2. The molecule has 0 spiro atoms. The van der Waals surface area contributed by atoms with E-state index in [1.165, 1.54) is 24.2 Å². The first-order valence-corrected chi connectivity index (χ1v) is 9.84. The molecule has 1 heterocycles.